The number of hydrogen-bond acceptors (Lipinski definition) is 5. The van der Waals surface area contributed by atoms with Gasteiger partial charge >= 0.3 is 0 Å². The van der Waals surface area contributed by atoms with Crippen molar-refractivity contribution >= 4 is 52.5 Å². The summed E-state index contributed by atoms with van der Waals surface area (Å²) in [4.78, 5) is 26.4. The molecule has 8 heteroatoms. The number of amides is 2. The van der Waals surface area contributed by atoms with E-state index in [1.165, 1.54) is 30.2 Å². The molecule has 0 spiro atoms. The van der Waals surface area contributed by atoms with Crippen LogP contribution in [0.25, 0.3) is 6.08 Å². The van der Waals surface area contributed by atoms with Gasteiger partial charge in [-0.3, -0.25) is 19.8 Å². The van der Waals surface area contributed by atoms with Gasteiger partial charge in [-0.2, -0.15) is 0 Å². The van der Waals surface area contributed by atoms with Crippen molar-refractivity contribution < 1.29 is 19.4 Å². The summed E-state index contributed by atoms with van der Waals surface area (Å²) in [6.07, 6.45) is 1.38. The Balaban J connectivity index is 2.01. The van der Waals surface area contributed by atoms with E-state index in [4.69, 9.17) is 28.6 Å². The lowest BCUT2D eigenvalue weighted by molar-refractivity contribution is -0.122. The topological polar surface area (TPSA) is 78.9 Å². The molecule has 1 aliphatic heterocycles. The van der Waals surface area contributed by atoms with E-state index in [0.29, 0.717) is 16.3 Å². The van der Waals surface area contributed by atoms with Crippen LogP contribution >= 0.6 is 23.8 Å². The van der Waals surface area contributed by atoms with Gasteiger partial charge in [0.2, 0.25) is 0 Å². The van der Waals surface area contributed by atoms with Gasteiger partial charge in [0.25, 0.3) is 11.8 Å². The number of thiocarbonyl (C=S) groups is 1. The summed E-state index contributed by atoms with van der Waals surface area (Å²) in [6, 6.07) is 9.61. The lowest BCUT2D eigenvalue weighted by Gasteiger charge is -2.29. The molecule has 0 aromatic heterocycles. The lowest BCUT2D eigenvalue weighted by Crippen LogP contribution is -2.54. The first-order valence-corrected chi connectivity index (χ1v) is 8.65. The van der Waals surface area contributed by atoms with Crippen LogP contribution in [0.1, 0.15) is 11.1 Å². The van der Waals surface area contributed by atoms with Crippen LogP contribution in [-0.2, 0) is 9.59 Å². The summed E-state index contributed by atoms with van der Waals surface area (Å²) in [6.45, 7) is 1.84. The molecule has 1 fully saturated rings. The second-order valence-electron chi connectivity index (χ2n) is 5.82. The molecule has 0 bridgehead atoms. The second-order valence-corrected chi connectivity index (χ2v) is 6.62. The molecule has 2 aromatic carbocycles. The average Bonchev–Trinajstić information content (AvgIpc) is 2.61. The third kappa shape index (κ3) is 3.65. The number of aromatic hydroxyl groups is 1. The molecule has 2 amide bonds. The Labute approximate surface area is 166 Å². The summed E-state index contributed by atoms with van der Waals surface area (Å²) in [5.41, 5.74) is 1.64. The fraction of sp³-hybridized carbons (Fsp3) is 0.105. The molecule has 0 unspecified atom stereocenters. The minimum Gasteiger partial charge on any atom is -0.504 e. The van der Waals surface area contributed by atoms with Crippen molar-refractivity contribution in [3.05, 3.63) is 58.1 Å². The minimum absolute atomic E-state index is 0.0281. The van der Waals surface area contributed by atoms with E-state index in [1.54, 1.807) is 24.3 Å². The van der Waals surface area contributed by atoms with Crippen molar-refractivity contribution in [1.82, 2.24) is 5.32 Å². The molecule has 1 aliphatic rings. The molecule has 0 atom stereocenters. The van der Waals surface area contributed by atoms with Crippen LogP contribution in [0, 0.1) is 6.92 Å². The number of hydrogen-bond donors (Lipinski definition) is 2. The number of nitrogens with zero attached hydrogens (tertiary/aromatic N) is 1. The summed E-state index contributed by atoms with van der Waals surface area (Å²) in [5.74, 6) is -1.02. The molecule has 0 saturated carbocycles. The highest BCUT2D eigenvalue weighted by Gasteiger charge is 2.34. The third-order valence-electron chi connectivity index (χ3n) is 4.03. The largest absolute Gasteiger partial charge is 0.504 e. The Morgan fingerprint density at radius 1 is 1.22 bits per heavy atom. The number of methoxy groups -OCH3 is 1. The van der Waals surface area contributed by atoms with Crippen LogP contribution in [0.4, 0.5) is 5.69 Å². The number of aryl methyl sites for hydroxylation is 1. The normalized spacial score (nSPS) is 15.9. The van der Waals surface area contributed by atoms with E-state index < -0.39 is 11.8 Å². The highest BCUT2D eigenvalue weighted by molar-refractivity contribution is 7.80. The number of ether oxygens (including phenoxy) is 1. The standard InChI is InChI=1S/C19H15ClN2O4S/c1-10-3-5-12(9-14(10)20)22-18(25)13(17(24)21-19(22)27)7-11-4-6-16(26-2)15(23)8-11/h3-9,23H,1-2H3,(H,21,24,27)/b13-7+. The van der Waals surface area contributed by atoms with Gasteiger partial charge in [0.1, 0.15) is 5.57 Å². The number of rotatable bonds is 3. The van der Waals surface area contributed by atoms with Crippen LogP contribution in [-0.4, -0.2) is 29.1 Å². The maximum Gasteiger partial charge on any atom is 0.270 e. The van der Waals surface area contributed by atoms with Crippen LogP contribution in [0.15, 0.2) is 42.0 Å². The Morgan fingerprint density at radius 2 is 1.96 bits per heavy atom. The molecular formula is C19H15ClN2O4S. The fourth-order valence-corrected chi connectivity index (χ4v) is 3.03. The van der Waals surface area contributed by atoms with Crippen LogP contribution in [0.3, 0.4) is 0 Å². The van der Waals surface area contributed by atoms with Crippen LogP contribution in [0.2, 0.25) is 5.02 Å². The zero-order valence-corrected chi connectivity index (χ0v) is 16.0. The second kappa shape index (κ2) is 7.38. The first-order chi connectivity index (χ1) is 12.8. The summed E-state index contributed by atoms with van der Waals surface area (Å²) < 4.78 is 4.99. The number of nitrogens with one attached hydrogen (secondary N) is 1. The van der Waals surface area contributed by atoms with E-state index in [1.807, 2.05) is 6.92 Å². The highest BCUT2D eigenvalue weighted by atomic mass is 35.5. The molecule has 0 aliphatic carbocycles. The monoisotopic (exact) mass is 402 g/mol. The summed E-state index contributed by atoms with van der Waals surface area (Å²) >= 11 is 11.3. The van der Waals surface area contributed by atoms with E-state index in [2.05, 4.69) is 5.32 Å². The highest BCUT2D eigenvalue weighted by Crippen LogP contribution is 2.29. The Bertz CT molecular complexity index is 1000. The SMILES string of the molecule is COc1ccc(/C=C2\C(=O)NC(=S)N(c3ccc(C)c(Cl)c3)C2=O)cc1O. The zero-order chi connectivity index (χ0) is 19.7. The molecule has 3 rings (SSSR count). The Kier molecular flexibility index (Phi) is 5.16. The summed E-state index contributed by atoms with van der Waals surface area (Å²) in [7, 11) is 1.43. The van der Waals surface area contributed by atoms with Crippen molar-refractivity contribution in [3.63, 3.8) is 0 Å². The predicted octanol–water partition coefficient (Wildman–Crippen LogP) is 3.19. The Morgan fingerprint density at radius 3 is 2.59 bits per heavy atom. The van der Waals surface area contributed by atoms with Gasteiger partial charge in [-0.05, 0) is 60.6 Å². The smallest absolute Gasteiger partial charge is 0.270 e. The minimum atomic E-state index is -0.616. The van der Waals surface area contributed by atoms with E-state index in [-0.39, 0.29) is 22.2 Å². The molecule has 1 heterocycles. The van der Waals surface area contributed by atoms with Crippen molar-refractivity contribution in [1.29, 1.82) is 0 Å². The molecule has 1 saturated heterocycles. The fourth-order valence-electron chi connectivity index (χ4n) is 2.58. The van der Waals surface area contributed by atoms with E-state index >= 15 is 0 Å². The number of carbonyl (C=O) groups is 2. The van der Waals surface area contributed by atoms with Gasteiger partial charge in [0.05, 0.1) is 12.8 Å². The van der Waals surface area contributed by atoms with Gasteiger partial charge in [-0.15, -0.1) is 0 Å². The molecular weight excluding hydrogens is 388 g/mol. The number of phenolic OH excluding ortho intramolecular Hbond substituents is 1. The number of anilines is 1. The molecule has 2 N–H and O–H groups in total. The first kappa shape index (κ1) is 18.9. The maximum atomic E-state index is 12.9. The van der Waals surface area contributed by atoms with Gasteiger partial charge in [0.15, 0.2) is 16.6 Å². The average molecular weight is 403 g/mol. The number of benzene rings is 2. The van der Waals surface area contributed by atoms with E-state index in [0.717, 1.165) is 5.56 Å². The third-order valence-corrected chi connectivity index (χ3v) is 4.72. The predicted molar refractivity (Wildman–Crippen MR) is 107 cm³/mol. The lowest BCUT2D eigenvalue weighted by atomic mass is 10.1. The van der Waals surface area contributed by atoms with E-state index in [9.17, 15) is 14.7 Å². The number of halogens is 1. The molecule has 6 nitrogen and oxygen atoms in total. The van der Waals surface area contributed by atoms with Gasteiger partial charge < -0.3 is 9.84 Å². The zero-order valence-electron chi connectivity index (χ0n) is 14.4. The van der Waals surface area contributed by atoms with Crippen molar-refractivity contribution in [3.8, 4) is 11.5 Å². The molecule has 0 radical (unpaired) electrons. The molecule has 138 valence electrons. The Hall–Kier alpha value is -2.90. The van der Waals surface area contributed by atoms with Crippen molar-refractivity contribution in [2.24, 2.45) is 0 Å². The maximum absolute atomic E-state index is 12.9. The quantitative estimate of drug-likeness (QED) is 0.468. The number of carbonyl (C=O) groups excluding carboxylic acids is 2. The first-order valence-electron chi connectivity index (χ1n) is 7.86. The van der Waals surface area contributed by atoms with Crippen molar-refractivity contribution in [2.45, 2.75) is 6.92 Å². The van der Waals surface area contributed by atoms with Gasteiger partial charge in [-0.1, -0.05) is 23.7 Å². The van der Waals surface area contributed by atoms with Gasteiger partial charge in [-0.25, -0.2) is 0 Å². The molecule has 2 aromatic rings. The van der Waals surface area contributed by atoms with Crippen LogP contribution < -0.4 is 15.0 Å². The van der Waals surface area contributed by atoms with Gasteiger partial charge in [0, 0.05) is 5.02 Å². The summed E-state index contributed by atoms with van der Waals surface area (Å²) in [5, 5.41) is 12.8. The van der Waals surface area contributed by atoms with Crippen LogP contribution in [0.5, 0.6) is 11.5 Å². The van der Waals surface area contributed by atoms with Crippen molar-refractivity contribution in [2.75, 3.05) is 12.0 Å². The molecule has 27 heavy (non-hydrogen) atoms. The number of phenols is 1.